The van der Waals surface area contributed by atoms with E-state index in [1.807, 2.05) is 19.3 Å². The number of carbonyl (C=O) groups is 1. The zero-order chi connectivity index (χ0) is 11.2. The van der Waals surface area contributed by atoms with Crippen molar-refractivity contribution in [1.82, 2.24) is 0 Å². The van der Waals surface area contributed by atoms with E-state index in [9.17, 15) is 4.79 Å². The molecule has 4 N–H and O–H groups in total. The quantitative estimate of drug-likeness (QED) is 0.709. The predicted molar refractivity (Wildman–Crippen MR) is 62.9 cm³/mol. The second kappa shape index (κ2) is 6.09. The molecule has 0 fully saturated rings. The number of carbonyl (C=O) groups excluding carboxylic acids is 1. The number of hydrogen-bond acceptors (Lipinski definition) is 3. The molecule has 0 aromatic carbocycles. The first-order valence-electron chi connectivity index (χ1n) is 4.75. The van der Waals surface area contributed by atoms with Crippen LogP contribution in [0, 0.1) is 0 Å². The van der Waals surface area contributed by atoms with E-state index < -0.39 is 0 Å². The highest BCUT2D eigenvalue weighted by Crippen LogP contribution is 2.33. The van der Waals surface area contributed by atoms with Crippen molar-refractivity contribution >= 4 is 17.7 Å². The fraction of sp³-hybridized carbons (Fsp3) is 0.700. The number of thioether (sulfide) groups is 1. The topological polar surface area (TPSA) is 69.1 Å². The van der Waals surface area contributed by atoms with E-state index in [0.29, 0.717) is 13.0 Å². The van der Waals surface area contributed by atoms with E-state index in [0.717, 1.165) is 12.0 Å². The van der Waals surface area contributed by atoms with Crippen molar-refractivity contribution in [3.05, 3.63) is 11.0 Å². The molecule has 3 nitrogen and oxygen atoms in total. The molecule has 0 aromatic heterocycles. The van der Waals surface area contributed by atoms with E-state index in [4.69, 9.17) is 11.5 Å². The number of nitrogens with two attached hydrogens (primary N) is 2. The number of amides is 1. The van der Waals surface area contributed by atoms with E-state index in [2.05, 4.69) is 6.92 Å². The Balaban J connectivity index is 4.32. The Hall–Kier alpha value is -0.480. The van der Waals surface area contributed by atoms with Crippen LogP contribution in [0.2, 0.25) is 0 Å². The molecular weight excluding hydrogens is 196 g/mol. The van der Waals surface area contributed by atoms with Gasteiger partial charge in [-0.3, -0.25) is 4.79 Å². The van der Waals surface area contributed by atoms with Crippen molar-refractivity contribution < 1.29 is 4.79 Å². The van der Waals surface area contributed by atoms with Gasteiger partial charge >= 0.3 is 0 Å². The van der Waals surface area contributed by atoms with Gasteiger partial charge in [0, 0.05) is 17.7 Å². The van der Waals surface area contributed by atoms with Crippen LogP contribution in [0.5, 0.6) is 0 Å². The highest BCUT2D eigenvalue weighted by molar-refractivity contribution is 8.03. The van der Waals surface area contributed by atoms with Gasteiger partial charge < -0.3 is 11.5 Å². The SMILES string of the molecule is CCC(C)(CC(N)=O)S/C=C(\C)CN. The van der Waals surface area contributed by atoms with Crippen LogP contribution < -0.4 is 11.5 Å². The summed E-state index contributed by atoms with van der Waals surface area (Å²) >= 11 is 1.64. The lowest BCUT2D eigenvalue weighted by atomic mass is 10.0. The zero-order valence-electron chi connectivity index (χ0n) is 9.17. The summed E-state index contributed by atoms with van der Waals surface area (Å²) in [5.41, 5.74) is 11.8. The van der Waals surface area contributed by atoms with Gasteiger partial charge in [0.2, 0.25) is 5.91 Å². The Labute approximate surface area is 90.3 Å². The van der Waals surface area contributed by atoms with Gasteiger partial charge in [0.15, 0.2) is 0 Å². The third kappa shape index (κ3) is 5.29. The highest BCUT2D eigenvalue weighted by Gasteiger charge is 2.24. The molecule has 0 aliphatic heterocycles. The minimum absolute atomic E-state index is 0.0950. The molecule has 14 heavy (non-hydrogen) atoms. The maximum atomic E-state index is 10.9. The fourth-order valence-electron chi connectivity index (χ4n) is 0.910. The molecule has 1 unspecified atom stereocenters. The summed E-state index contributed by atoms with van der Waals surface area (Å²) in [6.07, 6.45) is 1.32. The van der Waals surface area contributed by atoms with Gasteiger partial charge in [-0.05, 0) is 25.7 Å². The highest BCUT2D eigenvalue weighted by atomic mass is 32.2. The van der Waals surface area contributed by atoms with Crippen LogP contribution in [0.15, 0.2) is 11.0 Å². The number of rotatable bonds is 6. The summed E-state index contributed by atoms with van der Waals surface area (Å²) in [5, 5.41) is 2.02. The Morgan fingerprint density at radius 3 is 2.50 bits per heavy atom. The first-order valence-corrected chi connectivity index (χ1v) is 5.63. The molecule has 0 bridgehead atoms. The van der Waals surface area contributed by atoms with Crippen LogP contribution in [0.4, 0.5) is 0 Å². The van der Waals surface area contributed by atoms with Gasteiger partial charge in [-0.2, -0.15) is 0 Å². The third-order valence-corrected chi connectivity index (χ3v) is 3.68. The summed E-state index contributed by atoms with van der Waals surface area (Å²) in [6, 6.07) is 0. The lowest BCUT2D eigenvalue weighted by Gasteiger charge is -2.24. The van der Waals surface area contributed by atoms with E-state index in [1.165, 1.54) is 0 Å². The van der Waals surface area contributed by atoms with Gasteiger partial charge in [-0.25, -0.2) is 0 Å². The Morgan fingerprint density at radius 2 is 2.14 bits per heavy atom. The van der Waals surface area contributed by atoms with Crippen molar-refractivity contribution in [1.29, 1.82) is 0 Å². The first kappa shape index (κ1) is 13.5. The van der Waals surface area contributed by atoms with E-state index >= 15 is 0 Å². The summed E-state index contributed by atoms with van der Waals surface area (Å²) in [7, 11) is 0. The summed E-state index contributed by atoms with van der Waals surface area (Å²) < 4.78 is -0.0950. The molecule has 0 saturated heterocycles. The monoisotopic (exact) mass is 216 g/mol. The predicted octanol–water partition coefficient (Wildman–Crippen LogP) is 1.63. The second-order valence-electron chi connectivity index (χ2n) is 3.73. The Kier molecular flexibility index (Phi) is 5.88. The van der Waals surface area contributed by atoms with Crippen LogP contribution in [0.3, 0.4) is 0 Å². The average molecular weight is 216 g/mol. The maximum absolute atomic E-state index is 10.9. The normalized spacial score (nSPS) is 16.4. The van der Waals surface area contributed by atoms with Crippen LogP contribution in [0.1, 0.15) is 33.6 Å². The van der Waals surface area contributed by atoms with Crippen molar-refractivity contribution in [3.63, 3.8) is 0 Å². The van der Waals surface area contributed by atoms with Crippen LogP contribution in [-0.2, 0) is 4.79 Å². The molecule has 1 amide bonds. The summed E-state index contributed by atoms with van der Waals surface area (Å²) in [4.78, 5) is 10.9. The lowest BCUT2D eigenvalue weighted by molar-refractivity contribution is -0.118. The van der Waals surface area contributed by atoms with Crippen LogP contribution in [0.25, 0.3) is 0 Å². The summed E-state index contributed by atoms with van der Waals surface area (Å²) in [5.74, 6) is -0.249. The van der Waals surface area contributed by atoms with Crippen LogP contribution in [-0.4, -0.2) is 17.2 Å². The molecule has 0 rings (SSSR count). The van der Waals surface area contributed by atoms with Crippen molar-refractivity contribution in [2.24, 2.45) is 11.5 Å². The fourth-order valence-corrected chi connectivity index (χ4v) is 1.88. The van der Waals surface area contributed by atoms with E-state index in [-0.39, 0.29) is 10.7 Å². The van der Waals surface area contributed by atoms with Crippen molar-refractivity contribution in [2.75, 3.05) is 6.54 Å². The molecule has 0 spiro atoms. The van der Waals surface area contributed by atoms with Gasteiger partial charge in [-0.15, -0.1) is 11.8 Å². The molecular formula is C10H20N2OS. The van der Waals surface area contributed by atoms with Crippen LogP contribution >= 0.6 is 11.8 Å². The minimum Gasteiger partial charge on any atom is -0.370 e. The Bertz CT molecular complexity index is 228. The van der Waals surface area contributed by atoms with Gasteiger partial charge in [-0.1, -0.05) is 12.5 Å². The molecule has 0 radical (unpaired) electrons. The molecule has 1 atom stereocenters. The third-order valence-electron chi connectivity index (χ3n) is 2.16. The lowest BCUT2D eigenvalue weighted by Crippen LogP contribution is -2.27. The Morgan fingerprint density at radius 1 is 1.57 bits per heavy atom. The number of primary amides is 1. The minimum atomic E-state index is -0.249. The standard InChI is InChI=1S/C10H20N2OS/c1-4-10(3,5-9(12)13)14-7-8(2)6-11/h7H,4-6,11H2,1-3H3,(H2,12,13)/b8-7+. The smallest absolute Gasteiger partial charge is 0.218 e. The molecule has 0 aliphatic carbocycles. The van der Waals surface area contributed by atoms with Gasteiger partial charge in [0.05, 0.1) is 0 Å². The second-order valence-corrected chi connectivity index (χ2v) is 5.19. The molecule has 0 aromatic rings. The van der Waals surface area contributed by atoms with Crippen molar-refractivity contribution in [2.45, 2.75) is 38.4 Å². The van der Waals surface area contributed by atoms with Crippen molar-refractivity contribution in [3.8, 4) is 0 Å². The first-order chi connectivity index (χ1) is 6.43. The molecule has 0 aliphatic rings. The molecule has 82 valence electrons. The number of hydrogen-bond donors (Lipinski definition) is 2. The maximum Gasteiger partial charge on any atom is 0.218 e. The molecule has 0 heterocycles. The van der Waals surface area contributed by atoms with Gasteiger partial charge in [0.1, 0.15) is 0 Å². The van der Waals surface area contributed by atoms with E-state index in [1.54, 1.807) is 11.8 Å². The largest absolute Gasteiger partial charge is 0.370 e. The molecule has 4 heteroatoms. The zero-order valence-corrected chi connectivity index (χ0v) is 9.99. The van der Waals surface area contributed by atoms with Gasteiger partial charge in [0.25, 0.3) is 0 Å². The molecule has 0 saturated carbocycles. The summed E-state index contributed by atoms with van der Waals surface area (Å²) in [6.45, 7) is 6.64. The average Bonchev–Trinajstić information content (AvgIpc) is 2.13.